The summed E-state index contributed by atoms with van der Waals surface area (Å²) in [6.07, 6.45) is 1.91. The molecule has 0 unspecified atom stereocenters. The molecule has 0 radical (unpaired) electrons. The van der Waals surface area contributed by atoms with Gasteiger partial charge in [-0.3, -0.25) is 4.79 Å². The molecule has 0 bridgehead atoms. The first-order valence-corrected chi connectivity index (χ1v) is 4.53. The van der Waals surface area contributed by atoms with Gasteiger partial charge in [0.25, 0.3) is 5.56 Å². The average molecular weight is 179 g/mol. The lowest BCUT2D eigenvalue weighted by Gasteiger charge is -2.23. The van der Waals surface area contributed by atoms with Crippen LogP contribution in [0.3, 0.4) is 0 Å². The van der Waals surface area contributed by atoms with Gasteiger partial charge in [0.15, 0.2) is 0 Å². The van der Waals surface area contributed by atoms with Crippen molar-refractivity contribution in [3.8, 4) is 0 Å². The van der Waals surface area contributed by atoms with E-state index in [-0.39, 0.29) is 11.1 Å². The molecule has 1 aromatic heterocycles. The molecule has 2 nitrogen and oxygen atoms in total. The van der Waals surface area contributed by atoms with E-state index >= 15 is 0 Å². The van der Waals surface area contributed by atoms with Gasteiger partial charge in [-0.05, 0) is 46.2 Å². The van der Waals surface area contributed by atoms with Crippen LogP contribution in [-0.2, 0) is 5.54 Å². The molecule has 0 saturated heterocycles. The smallest absolute Gasteiger partial charge is 0.253 e. The summed E-state index contributed by atoms with van der Waals surface area (Å²) in [5.74, 6) is 0. The molecule has 0 fully saturated rings. The van der Waals surface area contributed by atoms with E-state index in [0.717, 1.165) is 11.1 Å². The molecule has 0 aliphatic carbocycles. The van der Waals surface area contributed by atoms with Gasteiger partial charge in [-0.15, -0.1) is 0 Å². The second-order valence-electron chi connectivity index (χ2n) is 4.55. The molecule has 0 aliphatic heterocycles. The lowest BCUT2D eigenvalue weighted by Crippen LogP contribution is -2.34. The molecule has 0 aromatic carbocycles. The average Bonchev–Trinajstić information content (AvgIpc) is 1.94. The second-order valence-corrected chi connectivity index (χ2v) is 4.55. The number of hydrogen-bond acceptors (Lipinski definition) is 1. The zero-order valence-corrected chi connectivity index (χ0v) is 9.01. The van der Waals surface area contributed by atoms with Gasteiger partial charge in [-0.1, -0.05) is 0 Å². The third-order valence-corrected chi connectivity index (χ3v) is 2.06. The Morgan fingerprint density at radius 3 is 2.23 bits per heavy atom. The number of nitrogens with zero attached hydrogens (tertiary/aromatic N) is 1. The van der Waals surface area contributed by atoms with E-state index in [1.165, 1.54) is 0 Å². The fourth-order valence-corrected chi connectivity index (χ4v) is 1.39. The summed E-state index contributed by atoms with van der Waals surface area (Å²) in [7, 11) is 0. The van der Waals surface area contributed by atoms with Crippen LogP contribution in [0.25, 0.3) is 0 Å². The summed E-state index contributed by atoms with van der Waals surface area (Å²) in [5, 5.41) is 0. The fourth-order valence-electron chi connectivity index (χ4n) is 1.39. The molecule has 0 amide bonds. The van der Waals surface area contributed by atoms with Crippen molar-refractivity contribution in [2.75, 3.05) is 0 Å². The summed E-state index contributed by atoms with van der Waals surface area (Å²) in [4.78, 5) is 11.7. The van der Waals surface area contributed by atoms with Crippen LogP contribution in [0.1, 0.15) is 31.9 Å². The maximum absolute atomic E-state index is 11.7. The third kappa shape index (κ3) is 2.00. The summed E-state index contributed by atoms with van der Waals surface area (Å²) < 4.78 is 1.79. The van der Waals surface area contributed by atoms with Crippen molar-refractivity contribution in [3.63, 3.8) is 0 Å². The molecule has 1 aromatic rings. The van der Waals surface area contributed by atoms with Crippen LogP contribution in [0.15, 0.2) is 17.1 Å². The molecule has 0 spiro atoms. The maximum atomic E-state index is 11.7. The van der Waals surface area contributed by atoms with Crippen molar-refractivity contribution in [3.05, 3.63) is 33.7 Å². The van der Waals surface area contributed by atoms with Crippen molar-refractivity contribution in [1.29, 1.82) is 0 Å². The van der Waals surface area contributed by atoms with E-state index in [9.17, 15) is 4.79 Å². The lowest BCUT2D eigenvalue weighted by molar-refractivity contribution is 0.382. The Balaban J connectivity index is 3.47. The number of aromatic nitrogens is 1. The number of pyridine rings is 1. The van der Waals surface area contributed by atoms with Crippen molar-refractivity contribution < 1.29 is 0 Å². The Labute approximate surface area is 79.2 Å². The van der Waals surface area contributed by atoms with Gasteiger partial charge in [0.05, 0.1) is 0 Å². The highest BCUT2D eigenvalue weighted by Crippen LogP contribution is 2.11. The van der Waals surface area contributed by atoms with Crippen molar-refractivity contribution in [2.45, 2.75) is 40.2 Å². The molecule has 0 atom stereocenters. The summed E-state index contributed by atoms with van der Waals surface area (Å²) in [6.45, 7) is 9.97. The molecular weight excluding hydrogens is 162 g/mol. The largest absolute Gasteiger partial charge is 0.310 e. The topological polar surface area (TPSA) is 22.0 Å². The zero-order chi connectivity index (χ0) is 10.2. The van der Waals surface area contributed by atoms with E-state index in [0.29, 0.717) is 0 Å². The second kappa shape index (κ2) is 3.02. The predicted octanol–water partition coefficient (Wildman–Crippen LogP) is 2.22. The Bertz CT molecular complexity index is 369. The first kappa shape index (κ1) is 10.0. The molecule has 2 heteroatoms. The Hall–Kier alpha value is -1.05. The SMILES string of the molecule is Cc1cc(C)c(=O)n(C(C)(C)C)c1. The Morgan fingerprint density at radius 2 is 1.77 bits per heavy atom. The molecular formula is C11H17NO. The van der Waals surface area contributed by atoms with E-state index in [2.05, 4.69) is 0 Å². The van der Waals surface area contributed by atoms with Crippen LogP contribution in [0, 0.1) is 13.8 Å². The fraction of sp³-hybridized carbons (Fsp3) is 0.545. The van der Waals surface area contributed by atoms with Gasteiger partial charge in [-0.2, -0.15) is 0 Å². The first-order chi connectivity index (χ1) is 5.82. The maximum Gasteiger partial charge on any atom is 0.253 e. The molecule has 0 N–H and O–H groups in total. The van der Waals surface area contributed by atoms with E-state index in [1.54, 1.807) is 4.57 Å². The standard InChI is InChI=1S/C11H17NO/c1-8-6-9(2)10(13)12(7-8)11(3,4)5/h6-7H,1-5H3. The molecule has 1 rings (SSSR count). The van der Waals surface area contributed by atoms with E-state index < -0.39 is 0 Å². The highest BCUT2D eigenvalue weighted by Gasteiger charge is 2.15. The summed E-state index contributed by atoms with van der Waals surface area (Å²) in [5.41, 5.74) is 1.92. The van der Waals surface area contributed by atoms with Crippen molar-refractivity contribution in [1.82, 2.24) is 4.57 Å². The van der Waals surface area contributed by atoms with Gasteiger partial charge in [0.2, 0.25) is 0 Å². The van der Waals surface area contributed by atoms with E-state index in [1.807, 2.05) is 46.9 Å². The molecule has 1 heterocycles. The van der Waals surface area contributed by atoms with Crippen LogP contribution in [0.4, 0.5) is 0 Å². The van der Waals surface area contributed by atoms with Crippen LogP contribution in [0.5, 0.6) is 0 Å². The first-order valence-electron chi connectivity index (χ1n) is 4.53. The summed E-state index contributed by atoms with van der Waals surface area (Å²) >= 11 is 0. The van der Waals surface area contributed by atoms with Crippen LogP contribution in [-0.4, -0.2) is 4.57 Å². The van der Waals surface area contributed by atoms with Crippen molar-refractivity contribution >= 4 is 0 Å². The quantitative estimate of drug-likeness (QED) is 0.598. The Morgan fingerprint density at radius 1 is 1.23 bits per heavy atom. The van der Waals surface area contributed by atoms with Crippen LogP contribution >= 0.6 is 0 Å². The molecule has 0 aliphatic rings. The van der Waals surface area contributed by atoms with Crippen LogP contribution < -0.4 is 5.56 Å². The van der Waals surface area contributed by atoms with E-state index in [4.69, 9.17) is 0 Å². The van der Waals surface area contributed by atoms with Gasteiger partial charge in [-0.25, -0.2) is 0 Å². The number of aryl methyl sites for hydroxylation is 2. The predicted molar refractivity (Wildman–Crippen MR) is 55.2 cm³/mol. The number of hydrogen-bond donors (Lipinski definition) is 0. The van der Waals surface area contributed by atoms with Gasteiger partial charge < -0.3 is 4.57 Å². The normalized spacial score (nSPS) is 11.8. The monoisotopic (exact) mass is 179 g/mol. The third-order valence-electron chi connectivity index (χ3n) is 2.06. The number of rotatable bonds is 0. The molecule has 0 saturated carbocycles. The molecule has 13 heavy (non-hydrogen) atoms. The minimum Gasteiger partial charge on any atom is -0.310 e. The highest BCUT2D eigenvalue weighted by molar-refractivity contribution is 5.17. The minimum atomic E-state index is -0.131. The van der Waals surface area contributed by atoms with Gasteiger partial charge in [0, 0.05) is 17.3 Å². The van der Waals surface area contributed by atoms with Crippen LogP contribution in [0.2, 0.25) is 0 Å². The van der Waals surface area contributed by atoms with Crippen molar-refractivity contribution in [2.24, 2.45) is 0 Å². The lowest BCUT2D eigenvalue weighted by atomic mass is 10.1. The summed E-state index contributed by atoms with van der Waals surface area (Å²) in [6, 6.07) is 1.92. The zero-order valence-electron chi connectivity index (χ0n) is 9.01. The molecule has 72 valence electrons. The minimum absolute atomic E-state index is 0.109. The highest BCUT2D eigenvalue weighted by atomic mass is 16.1. The van der Waals surface area contributed by atoms with Gasteiger partial charge in [0.1, 0.15) is 0 Å². The Kier molecular flexibility index (Phi) is 2.33. The van der Waals surface area contributed by atoms with Gasteiger partial charge >= 0.3 is 0 Å².